The van der Waals surface area contributed by atoms with Crippen molar-refractivity contribution in [1.29, 1.82) is 0 Å². The maximum absolute atomic E-state index is 4.83. The van der Waals surface area contributed by atoms with Crippen molar-refractivity contribution in [2.24, 2.45) is 0 Å². The molecule has 0 aliphatic carbocycles. The number of pyridine rings is 1. The fourth-order valence-electron chi connectivity index (χ4n) is 3.66. The van der Waals surface area contributed by atoms with Gasteiger partial charge in [-0.15, -0.1) is 0 Å². The van der Waals surface area contributed by atoms with Crippen LogP contribution < -0.4 is 0 Å². The lowest BCUT2D eigenvalue weighted by atomic mass is 9.94. The predicted octanol–water partition coefficient (Wildman–Crippen LogP) is 6.29. The molecule has 0 atom stereocenters. The van der Waals surface area contributed by atoms with Gasteiger partial charge in [-0.05, 0) is 61.5 Å². The second-order valence-electron chi connectivity index (χ2n) is 6.88. The van der Waals surface area contributed by atoms with Crippen LogP contribution in [0.15, 0.2) is 54.7 Å². The van der Waals surface area contributed by atoms with Gasteiger partial charge in [-0.25, -0.2) is 0 Å². The molecule has 0 radical (unpaired) electrons. The van der Waals surface area contributed by atoms with Crippen molar-refractivity contribution in [3.8, 4) is 11.3 Å². The number of aromatic nitrogens is 1. The second kappa shape index (κ2) is 5.45. The largest absolute Gasteiger partial charge is 0.255 e. The van der Waals surface area contributed by atoms with Crippen LogP contribution in [0.4, 0.5) is 0 Å². The molecule has 1 heterocycles. The first-order valence-electron chi connectivity index (χ1n) is 8.40. The molecule has 1 heteroatoms. The molecule has 0 N–H and O–H groups in total. The van der Waals surface area contributed by atoms with Crippen molar-refractivity contribution in [2.75, 3.05) is 0 Å². The topological polar surface area (TPSA) is 12.9 Å². The monoisotopic (exact) mass is 311 g/mol. The third-order valence-corrected chi connectivity index (χ3v) is 4.72. The Morgan fingerprint density at radius 3 is 2.12 bits per heavy atom. The number of hydrogen-bond donors (Lipinski definition) is 0. The van der Waals surface area contributed by atoms with E-state index in [2.05, 4.69) is 76.2 Å². The number of fused-ring (bicyclic) bond motifs is 3. The lowest BCUT2D eigenvalue weighted by molar-refractivity contribution is 1.29. The highest BCUT2D eigenvalue weighted by atomic mass is 14.7. The Labute approximate surface area is 143 Å². The van der Waals surface area contributed by atoms with E-state index >= 15 is 0 Å². The van der Waals surface area contributed by atoms with E-state index in [0.29, 0.717) is 0 Å². The molecule has 0 aliphatic rings. The lowest BCUT2D eigenvalue weighted by Crippen LogP contribution is -1.92. The average Bonchev–Trinajstić information content (AvgIpc) is 2.53. The molecular weight excluding hydrogens is 290 g/mol. The van der Waals surface area contributed by atoms with Gasteiger partial charge in [0, 0.05) is 17.1 Å². The molecule has 1 nitrogen and oxygen atoms in total. The number of aryl methyl sites for hydroxylation is 4. The maximum Gasteiger partial charge on any atom is 0.0786 e. The Hall–Kier alpha value is -2.67. The van der Waals surface area contributed by atoms with Gasteiger partial charge in [0.2, 0.25) is 0 Å². The second-order valence-corrected chi connectivity index (χ2v) is 6.88. The van der Waals surface area contributed by atoms with Gasteiger partial charge in [-0.1, -0.05) is 53.1 Å². The van der Waals surface area contributed by atoms with Gasteiger partial charge >= 0.3 is 0 Å². The Balaban J connectivity index is 2.17. The molecule has 4 aromatic rings. The molecular formula is C23H21N. The average molecular weight is 311 g/mol. The van der Waals surface area contributed by atoms with Crippen molar-refractivity contribution in [2.45, 2.75) is 27.7 Å². The van der Waals surface area contributed by atoms with Gasteiger partial charge in [-0.3, -0.25) is 4.98 Å². The van der Waals surface area contributed by atoms with Crippen LogP contribution in [0.2, 0.25) is 0 Å². The van der Waals surface area contributed by atoms with Crippen molar-refractivity contribution in [3.63, 3.8) is 0 Å². The van der Waals surface area contributed by atoms with Crippen molar-refractivity contribution >= 4 is 21.5 Å². The number of rotatable bonds is 1. The van der Waals surface area contributed by atoms with Gasteiger partial charge in [0.1, 0.15) is 0 Å². The third kappa shape index (κ3) is 2.37. The third-order valence-electron chi connectivity index (χ3n) is 4.72. The summed E-state index contributed by atoms with van der Waals surface area (Å²) in [5.74, 6) is 0. The minimum Gasteiger partial charge on any atom is -0.255 e. The number of hydrogen-bond acceptors (Lipinski definition) is 1. The molecule has 0 bridgehead atoms. The van der Waals surface area contributed by atoms with E-state index in [4.69, 9.17) is 4.98 Å². The molecule has 0 fully saturated rings. The zero-order chi connectivity index (χ0) is 16.8. The number of benzene rings is 3. The SMILES string of the molecule is Cc1cc(C)cc(-c2ncc(C)c3ccc4cc(C)ccc4c23)c1. The number of nitrogens with zero attached hydrogens (tertiary/aromatic N) is 1. The van der Waals surface area contributed by atoms with E-state index in [1.807, 2.05) is 6.20 Å². The van der Waals surface area contributed by atoms with Gasteiger partial charge < -0.3 is 0 Å². The summed E-state index contributed by atoms with van der Waals surface area (Å²) in [6.07, 6.45) is 2.00. The van der Waals surface area contributed by atoms with Crippen LogP contribution in [0.1, 0.15) is 22.3 Å². The molecule has 1 aromatic heterocycles. The molecule has 24 heavy (non-hydrogen) atoms. The van der Waals surface area contributed by atoms with E-state index in [1.165, 1.54) is 49.4 Å². The first-order valence-corrected chi connectivity index (χ1v) is 8.40. The summed E-state index contributed by atoms with van der Waals surface area (Å²) in [5, 5.41) is 5.11. The Kier molecular flexibility index (Phi) is 3.38. The standard InChI is InChI=1S/C23H21N/c1-14-5-7-21-18(10-14)6-8-20-17(4)13-24-23(22(20)21)19-11-15(2)9-16(3)12-19/h5-13H,1-4H3. The first-order chi connectivity index (χ1) is 11.5. The highest BCUT2D eigenvalue weighted by Crippen LogP contribution is 2.35. The lowest BCUT2D eigenvalue weighted by Gasteiger charge is -2.13. The molecule has 118 valence electrons. The summed E-state index contributed by atoms with van der Waals surface area (Å²) in [6.45, 7) is 8.58. The molecule has 4 rings (SSSR count). The highest BCUT2D eigenvalue weighted by molar-refractivity contribution is 6.14. The summed E-state index contributed by atoms with van der Waals surface area (Å²) in [5.41, 5.74) is 7.34. The van der Waals surface area contributed by atoms with Crippen molar-refractivity contribution in [3.05, 3.63) is 77.0 Å². The minimum absolute atomic E-state index is 1.08. The van der Waals surface area contributed by atoms with Crippen LogP contribution in [-0.2, 0) is 0 Å². The van der Waals surface area contributed by atoms with E-state index in [9.17, 15) is 0 Å². The maximum atomic E-state index is 4.83. The summed E-state index contributed by atoms with van der Waals surface area (Å²) < 4.78 is 0. The van der Waals surface area contributed by atoms with Gasteiger partial charge in [-0.2, -0.15) is 0 Å². The van der Waals surface area contributed by atoms with Crippen LogP contribution in [0.25, 0.3) is 32.8 Å². The van der Waals surface area contributed by atoms with Gasteiger partial charge in [0.15, 0.2) is 0 Å². The summed E-state index contributed by atoms with van der Waals surface area (Å²) in [6, 6.07) is 17.8. The zero-order valence-corrected chi connectivity index (χ0v) is 14.6. The molecule has 0 saturated carbocycles. The fraction of sp³-hybridized carbons (Fsp3) is 0.174. The van der Waals surface area contributed by atoms with Gasteiger partial charge in [0.05, 0.1) is 5.69 Å². The van der Waals surface area contributed by atoms with Crippen LogP contribution in [0.5, 0.6) is 0 Å². The molecule has 0 unspecified atom stereocenters. The zero-order valence-electron chi connectivity index (χ0n) is 14.6. The Morgan fingerprint density at radius 2 is 1.38 bits per heavy atom. The molecule has 0 saturated heterocycles. The molecule has 0 aliphatic heterocycles. The van der Waals surface area contributed by atoms with Gasteiger partial charge in [0.25, 0.3) is 0 Å². The highest BCUT2D eigenvalue weighted by Gasteiger charge is 2.12. The summed E-state index contributed by atoms with van der Waals surface area (Å²) in [7, 11) is 0. The quantitative estimate of drug-likeness (QED) is 0.376. The van der Waals surface area contributed by atoms with E-state index in [0.717, 1.165) is 5.69 Å². The smallest absolute Gasteiger partial charge is 0.0786 e. The molecule has 3 aromatic carbocycles. The Morgan fingerprint density at radius 1 is 0.667 bits per heavy atom. The molecule has 0 spiro atoms. The molecule has 0 amide bonds. The summed E-state index contributed by atoms with van der Waals surface area (Å²) >= 11 is 0. The normalized spacial score (nSPS) is 11.3. The van der Waals surface area contributed by atoms with Crippen LogP contribution in [0.3, 0.4) is 0 Å². The van der Waals surface area contributed by atoms with E-state index in [1.54, 1.807) is 0 Å². The van der Waals surface area contributed by atoms with Crippen LogP contribution >= 0.6 is 0 Å². The minimum atomic E-state index is 1.08. The van der Waals surface area contributed by atoms with E-state index < -0.39 is 0 Å². The van der Waals surface area contributed by atoms with Crippen LogP contribution in [-0.4, -0.2) is 4.98 Å². The first kappa shape index (κ1) is 14.9. The van der Waals surface area contributed by atoms with Crippen molar-refractivity contribution < 1.29 is 0 Å². The van der Waals surface area contributed by atoms with E-state index in [-0.39, 0.29) is 0 Å². The Bertz CT molecular complexity index is 1070. The fourth-order valence-corrected chi connectivity index (χ4v) is 3.66. The summed E-state index contributed by atoms with van der Waals surface area (Å²) in [4.78, 5) is 4.83. The van der Waals surface area contributed by atoms with Crippen LogP contribution in [0, 0.1) is 27.7 Å². The van der Waals surface area contributed by atoms with Crippen molar-refractivity contribution in [1.82, 2.24) is 4.98 Å². The predicted molar refractivity (Wildman–Crippen MR) is 104 cm³/mol.